The lowest BCUT2D eigenvalue weighted by molar-refractivity contribution is 0.131. The van der Waals surface area contributed by atoms with E-state index in [0.29, 0.717) is 13.2 Å². The smallest absolute Gasteiger partial charge is 0.191 e. The van der Waals surface area contributed by atoms with Crippen LogP contribution < -0.4 is 10.6 Å². The number of guanidine groups is 1. The summed E-state index contributed by atoms with van der Waals surface area (Å²) in [6, 6.07) is 4.85. The maximum atomic E-state index is 13.2. The number of ether oxygens (including phenoxy) is 1. The van der Waals surface area contributed by atoms with Gasteiger partial charge in [-0.25, -0.2) is 4.39 Å². The molecule has 1 aromatic heterocycles. The highest BCUT2D eigenvalue weighted by Gasteiger charge is 2.20. The third-order valence-corrected chi connectivity index (χ3v) is 4.32. The van der Waals surface area contributed by atoms with Gasteiger partial charge in [0.05, 0.1) is 13.2 Å². The van der Waals surface area contributed by atoms with Gasteiger partial charge in [0.15, 0.2) is 5.96 Å². The summed E-state index contributed by atoms with van der Waals surface area (Å²) in [6.45, 7) is 5.84. The van der Waals surface area contributed by atoms with E-state index < -0.39 is 0 Å². The first-order valence-electron chi connectivity index (χ1n) is 9.11. The molecule has 25 heavy (non-hydrogen) atoms. The van der Waals surface area contributed by atoms with Gasteiger partial charge in [-0.15, -0.1) is 0 Å². The normalized spacial score (nSPS) is 14.9. The van der Waals surface area contributed by atoms with E-state index in [1.165, 1.54) is 30.5 Å². The largest absolute Gasteiger partial charge is 0.379 e. The van der Waals surface area contributed by atoms with Gasteiger partial charge in [0.2, 0.25) is 0 Å². The summed E-state index contributed by atoms with van der Waals surface area (Å²) in [4.78, 5) is 7.66. The van der Waals surface area contributed by atoms with Crippen LogP contribution >= 0.6 is 0 Å². The van der Waals surface area contributed by atoms with E-state index in [-0.39, 0.29) is 5.82 Å². The van der Waals surface area contributed by atoms with E-state index in [9.17, 15) is 4.39 Å². The second-order valence-corrected chi connectivity index (χ2v) is 6.46. The molecule has 0 atom stereocenters. The molecule has 3 N–H and O–H groups in total. The van der Waals surface area contributed by atoms with Gasteiger partial charge in [0.1, 0.15) is 5.82 Å². The zero-order chi connectivity index (χ0) is 17.5. The first kappa shape index (κ1) is 17.7. The van der Waals surface area contributed by atoms with Crippen LogP contribution in [0.25, 0.3) is 10.9 Å². The van der Waals surface area contributed by atoms with Crippen LogP contribution in [0.5, 0.6) is 0 Å². The van der Waals surface area contributed by atoms with Crippen molar-refractivity contribution in [3.63, 3.8) is 0 Å². The second-order valence-electron chi connectivity index (χ2n) is 6.46. The van der Waals surface area contributed by atoms with Crippen LogP contribution in [-0.2, 0) is 11.2 Å². The molecule has 136 valence electrons. The van der Waals surface area contributed by atoms with E-state index in [2.05, 4.69) is 27.5 Å². The van der Waals surface area contributed by atoms with Crippen molar-refractivity contribution < 1.29 is 9.13 Å². The van der Waals surface area contributed by atoms with Gasteiger partial charge in [0.25, 0.3) is 0 Å². The second kappa shape index (κ2) is 8.85. The Morgan fingerprint density at radius 3 is 3.04 bits per heavy atom. The van der Waals surface area contributed by atoms with Gasteiger partial charge < -0.3 is 20.4 Å². The third-order valence-electron chi connectivity index (χ3n) is 4.32. The Morgan fingerprint density at radius 1 is 1.36 bits per heavy atom. The fourth-order valence-electron chi connectivity index (χ4n) is 2.78. The summed E-state index contributed by atoms with van der Waals surface area (Å²) in [6.07, 6.45) is 5.41. The average Bonchev–Trinajstić information content (AvgIpc) is 3.34. The predicted molar refractivity (Wildman–Crippen MR) is 99.5 cm³/mol. The van der Waals surface area contributed by atoms with E-state index in [1.54, 1.807) is 0 Å². The van der Waals surface area contributed by atoms with Crippen molar-refractivity contribution in [2.45, 2.75) is 26.2 Å². The molecule has 6 heteroatoms. The molecule has 0 bridgehead atoms. The zero-order valence-corrected chi connectivity index (χ0v) is 14.8. The highest BCUT2D eigenvalue weighted by molar-refractivity contribution is 5.83. The van der Waals surface area contributed by atoms with Crippen LogP contribution in [0.15, 0.2) is 29.4 Å². The maximum absolute atomic E-state index is 13.2. The molecule has 1 saturated carbocycles. The van der Waals surface area contributed by atoms with Crippen LogP contribution in [0, 0.1) is 11.7 Å². The highest BCUT2D eigenvalue weighted by Crippen LogP contribution is 2.28. The maximum Gasteiger partial charge on any atom is 0.191 e. The molecule has 0 radical (unpaired) electrons. The van der Waals surface area contributed by atoms with E-state index >= 15 is 0 Å². The Bertz CT molecular complexity index is 709. The van der Waals surface area contributed by atoms with Gasteiger partial charge in [0, 0.05) is 36.8 Å². The first-order chi connectivity index (χ1) is 12.3. The van der Waals surface area contributed by atoms with Crippen LogP contribution in [0.3, 0.4) is 0 Å². The summed E-state index contributed by atoms with van der Waals surface area (Å²) < 4.78 is 18.9. The lowest BCUT2D eigenvalue weighted by atomic mass is 10.1. The van der Waals surface area contributed by atoms with Crippen LogP contribution in [0.2, 0.25) is 0 Å². The Balaban J connectivity index is 1.45. The minimum absolute atomic E-state index is 0.218. The number of aromatic amines is 1. The van der Waals surface area contributed by atoms with Gasteiger partial charge in [-0.1, -0.05) is 0 Å². The van der Waals surface area contributed by atoms with Crippen molar-refractivity contribution in [3.8, 4) is 0 Å². The number of rotatable bonds is 9. The number of fused-ring (bicyclic) bond motifs is 1. The molecule has 3 rings (SSSR count). The molecule has 0 unspecified atom stereocenters. The van der Waals surface area contributed by atoms with E-state index in [1.807, 2.05) is 12.3 Å². The van der Waals surface area contributed by atoms with Crippen molar-refractivity contribution in [2.24, 2.45) is 10.9 Å². The Labute approximate surface area is 148 Å². The quantitative estimate of drug-likeness (QED) is 0.372. The molecule has 0 amide bonds. The molecule has 1 aliphatic rings. The molecule has 1 aromatic carbocycles. The molecule has 0 aliphatic heterocycles. The molecule has 1 fully saturated rings. The fourth-order valence-corrected chi connectivity index (χ4v) is 2.78. The zero-order valence-electron chi connectivity index (χ0n) is 14.8. The van der Waals surface area contributed by atoms with Gasteiger partial charge >= 0.3 is 0 Å². The van der Waals surface area contributed by atoms with Gasteiger partial charge in [-0.2, -0.15) is 0 Å². The number of nitrogens with zero attached hydrogens (tertiary/aromatic N) is 1. The number of aromatic nitrogens is 1. The summed E-state index contributed by atoms with van der Waals surface area (Å²) in [5.74, 6) is 1.38. The summed E-state index contributed by atoms with van der Waals surface area (Å²) in [5, 5.41) is 7.66. The van der Waals surface area contributed by atoms with Crippen molar-refractivity contribution in [3.05, 3.63) is 35.8 Å². The van der Waals surface area contributed by atoms with E-state index in [0.717, 1.165) is 48.9 Å². The van der Waals surface area contributed by atoms with E-state index in [4.69, 9.17) is 4.74 Å². The lowest BCUT2D eigenvalue weighted by Gasteiger charge is -2.11. The number of halogens is 1. The number of nitrogens with one attached hydrogen (secondary N) is 3. The van der Waals surface area contributed by atoms with Crippen molar-refractivity contribution >= 4 is 16.9 Å². The van der Waals surface area contributed by atoms with Crippen molar-refractivity contribution in [1.82, 2.24) is 15.6 Å². The monoisotopic (exact) mass is 346 g/mol. The highest BCUT2D eigenvalue weighted by atomic mass is 19.1. The Kier molecular flexibility index (Phi) is 6.28. The summed E-state index contributed by atoms with van der Waals surface area (Å²) in [7, 11) is 0. The summed E-state index contributed by atoms with van der Waals surface area (Å²) in [5.41, 5.74) is 2.01. The fraction of sp³-hybridized carbons (Fsp3) is 0.526. The molecule has 2 aromatic rings. The molecular weight excluding hydrogens is 319 g/mol. The minimum atomic E-state index is -0.218. The topological polar surface area (TPSA) is 61.4 Å². The van der Waals surface area contributed by atoms with Crippen LogP contribution in [0.1, 0.15) is 25.3 Å². The average molecular weight is 346 g/mol. The summed E-state index contributed by atoms with van der Waals surface area (Å²) >= 11 is 0. The molecule has 0 saturated heterocycles. The van der Waals surface area contributed by atoms with Gasteiger partial charge in [-0.05, 0) is 55.9 Å². The van der Waals surface area contributed by atoms with Crippen LogP contribution in [0.4, 0.5) is 4.39 Å². The standard InChI is InChI=1S/C19H27FN4O/c1-2-21-19(23-9-10-25-13-14-3-4-14)22-8-7-15-12-24-18-11-16(20)5-6-17(15)18/h5-6,11-12,14,24H,2-4,7-10,13H2,1H3,(H2,21,22,23). The molecular formula is C19H27FN4O. The SMILES string of the molecule is CCNC(=NCCOCC1CC1)NCCc1c[nH]c2cc(F)ccc12. The molecule has 0 spiro atoms. The Hall–Kier alpha value is -2.08. The number of aliphatic imine (C=N–C) groups is 1. The van der Waals surface area contributed by atoms with Crippen LogP contribution in [-0.4, -0.2) is 43.8 Å². The molecule has 5 nitrogen and oxygen atoms in total. The minimum Gasteiger partial charge on any atom is -0.379 e. The van der Waals surface area contributed by atoms with Crippen molar-refractivity contribution in [1.29, 1.82) is 0 Å². The van der Waals surface area contributed by atoms with Crippen molar-refractivity contribution in [2.75, 3.05) is 32.8 Å². The number of hydrogen-bond donors (Lipinski definition) is 3. The first-order valence-corrected chi connectivity index (χ1v) is 9.11. The van der Waals surface area contributed by atoms with Gasteiger partial charge in [-0.3, -0.25) is 4.99 Å². The molecule has 1 aliphatic carbocycles. The number of hydrogen-bond acceptors (Lipinski definition) is 2. The predicted octanol–water partition coefficient (Wildman–Crippen LogP) is 2.83. The lowest BCUT2D eigenvalue weighted by Crippen LogP contribution is -2.38. The number of benzene rings is 1. The third kappa shape index (κ3) is 5.46. The number of H-pyrrole nitrogens is 1. The molecule has 1 heterocycles. The Morgan fingerprint density at radius 2 is 2.24 bits per heavy atom.